The summed E-state index contributed by atoms with van der Waals surface area (Å²) in [6.45, 7) is -0.719. The minimum absolute atomic E-state index is 0.00486. The lowest BCUT2D eigenvalue weighted by Crippen LogP contribution is -2.23. The molecule has 0 bridgehead atoms. The third-order valence-electron chi connectivity index (χ3n) is 1.14. The van der Waals surface area contributed by atoms with Crippen molar-refractivity contribution in [3.63, 3.8) is 0 Å². The lowest BCUT2D eigenvalue weighted by Gasteiger charge is -2.11. The Bertz CT molecular complexity index is 178. The molecule has 7 nitrogen and oxygen atoms in total. The third-order valence-corrected chi connectivity index (χ3v) is 1.14. The molecule has 0 radical (unpaired) electrons. The van der Waals surface area contributed by atoms with Crippen LogP contribution in [-0.4, -0.2) is 46.9 Å². The van der Waals surface area contributed by atoms with Crippen molar-refractivity contribution in [3.05, 3.63) is 0 Å². The van der Waals surface area contributed by atoms with Crippen LogP contribution in [-0.2, 0) is 9.47 Å². The molecule has 0 spiro atoms. The van der Waals surface area contributed by atoms with Gasteiger partial charge in [-0.1, -0.05) is 0 Å². The molecule has 0 aromatic heterocycles. The van der Waals surface area contributed by atoms with Gasteiger partial charge in [0.15, 0.2) is 0 Å². The highest BCUT2D eigenvalue weighted by molar-refractivity contribution is 5.57. The highest BCUT2D eigenvalue weighted by atomic mass is 16.7. The Balaban J connectivity index is 3.59. The number of aliphatic hydroxyl groups is 1. The van der Waals surface area contributed by atoms with Crippen LogP contribution in [0.2, 0.25) is 0 Å². The lowest BCUT2D eigenvalue weighted by atomic mass is 10.3. The molecule has 0 aliphatic rings. The molecule has 76 valence electrons. The Kier molecular flexibility index (Phi) is 5.37. The van der Waals surface area contributed by atoms with Gasteiger partial charge in [0, 0.05) is 6.42 Å². The molecular weight excluding hydrogens is 184 g/mol. The van der Waals surface area contributed by atoms with Crippen molar-refractivity contribution in [1.29, 1.82) is 0 Å². The number of carboxylic acid groups (broad SMARTS) is 2. The number of aliphatic hydroxyl groups excluding tert-OH is 1. The van der Waals surface area contributed by atoms with Gasteiger partial charge < -0.3 is 24.8 Å². The second kappa shape index (κ2) is 6.06. The zero-order valence-corrected chi connectivity index (χ0v) is 6.67. The van der Waals surface area contributed by atoms with E-state index in [1.807, 2.05) is 0 Å². The summed E-state index contributed by atoms with van der Waals surface area (Å²) in [7, 11) is 0. The monoisotopic (exact) mass is 194 g/mol. The topological polar surface area (TPSA) is 113 Å². The van der Waals surface area contributed by atoms with E-state index in [2.05, 4.69) is 9.47 Å². The standard InChI is InChI=1S/C6H10O7/c7-3-4(13-6(10)11)1-2-12-5(8)9/h4,7H,1-3H2,(H,8,9)(H,10,11). The summed E-state index contributed by atoms with van der Waals surface area (Å²) < 4.78 is 8.26. The fourth-order valence-corrected chi connectivity index (χ4v) is 0.608. The van der Waals surface area contributed by atoms with E-state index in [1.165, 1.54) is 0 Å². The van der Waals surface area contributed by atoms with Crippen LogP contribution in [0.4, 0.5) is 9.59 Å². The molecule has 1 unspecified atom stereocenters. The Morgan fingerprint density at radius 2 is 1.85 bits per heavy atom. The predicted molar refractivity (Wildman–Crippen MR) is 38.6 cm³/mol. The van der Waals surface area contributed by atoms with Crippen molar-refractivity contribution >= 4 is 12.3 Å². The summed E-state index contributed by atoms with van der Waals surface area (Å²) in [5.41, 5.74) is 0. The van der Waals surface area contributed by atoms with E-state index in [1.54, 1.807) is 0 Å². The molecule has 1 atom stereocenters. The molecule has 0 aliphatic carbocycles. The summed E-state index contributed by atoms with van der Waals surface area (Å²) in [6, 6.07) is 0. The van der Waals surface area contributed by atoms with Gasteiger partial charge in [0.05, 0.1) is 13.2 Å². The second-order valence-corrected chi connectivity index (χ2v) is 2.09. The summed E-state index contributed by atoms with van der Waals surface area (Å²) in [5.74, 6) is 0. The molecule has 0 fully saturated rings. The number of hydrogen-bond donors (Lipinski definition) is 3. The summed E-state index contributed by atoms with van der Waals surface area (Å²) in [5, 5.41) is 24.7. The molecule has 0 saturated carbocycles. The van der Waals surface area contributed by atoms with Crippen molar-refractivity contribution in [1.82, 2.24) is 0 Å². The molecule has 7 heteroatoms. The van der Waals surface area contributed by atoms with Crippen LogP contribution in [0.3, 0.4) is 0 Å². The maximum Gasteiger partial charge on any atom is 0.506 e. The Labute approximate surface area is 73.5 Å². The van der Waals surface area contributed by atoms with Crippen molar-refractivity contribution in [2.75, 3.05) is 13.2 Å². The lowest BCUT2D eigenvalue weighted by molar-refractivity contribution is 0.00775. The van der Waals surface area contributed by atoms with Crippen LogP contribution in [0.25, 0.3) is 0 Å². The van der Waals surface area contributed by atoms with E-state index in [0.717, 1.165) is 0 Å². The molecule has 13 heavy (non-hydrogen) atoms. The Morgan fingerprint density at radius 3 is 2.23 bits per heavy atom. The van der Waals surface area contributed by atoms with Crippen molar-refractivity contribution in [2.45, 2.75) is 12.5 Å². The zero-order valence-electron chi connectivity index (χ0n) is 6.67. The first-order chi connectivity index (χ1) is 6.06. The SMILES string of the molecule is O=C(O)OCCC(CO)OC(=O)O. The van der Waals surface area contributed by atoms with Crippen LogP contribution in [0.15, 0.2) is 0 Å². The van der Waals surface area contributed by atoms with Crippen LogP contribution < -0.4 is 0 Å². The van der Waals surface area contributed by atoms with Crippen LogP contribution in [0.5, 0.6) is 0 Å². The van der Waals surface area contributed by atoms with Crippen LogP contribution in [0.1, 0.15) is 6.42 Å². The average Bonchev–Trinajstić information content (AvgIpc) is 2.01. The fourth-order valence-electron chi connectivity index (χ4n) is 0.608. The maximum atomic E-state index is 9.98. The smallest absolute Gasteiger partial charge is 0.450 e. The Morgan fingerprint density at radius 1 is 1.23 bits per heavy atom. The van der Waals surface area contributed by atoms with Gasteiger partial charge in [-0.3, -0.25) is 0 Å². The van der Waals surface area contributed by atoms with Crippen molar-refractivity contribution < 1.29 is 34.4 Å². The largest absolute Gasteiger partial charge is 0.506 e. The molecule has 0 aliphatic heterocycles. The van der Waals surface area contributed by atoms with Crippen molar-refractivity contribution in [2.24, 2.45) is 0 Å². The van der Waals surface area contributed by atoms with Crippen LogP contribution >= 0.6 is 0 Å². The van der Waals surface area contributed by atoms with Gasteiger partial charge in [0.1, 0.15) is 6.10 Å². The number of rotatable bonds is 5. The molecule has 3 N–H and O–H groups in total. The van der Waals surface area contributed by atoms with Gasteiger partial charge in [-0.2, -0.15) is 0 Å². The van der Waals surface area contributed by atoms with Gasteiger partial charge in [-0.25, -0.2) is 9.59 Å². The predicted octanol–water partition coefficient (Wildman–Crippen LogP) is 0.127. The molecule has 0 amide bonds. The maximum absolute atomic E-state index is 9.98. The van der Waals surface area contributed by atoms with E-state index >= 15 is 0 Å². The summed E-state index contributed by atoms with van der Waals surface area (Å²) in [4.78, 5) is 19.8. The highest BCUT2D eigenvalue weighted by Gasteiger charge is 2.12. The second-order valence-electron chi connectivity index (χ2n) is 2.09. The van der Waals surface area contributed by atoms with E-state index < -0.39 is 25.0 Å². The van der Waals surface area contributed by atoms with Crippen molar-refractivity contribution in [3.8, 4) is 0 Å². The zero-order chi connectivity index (χ0) is 10.3. The van der Waals surface area contributed by atoms with E-state index in [9.17, 15) is 9.59 Å². The first kappa shape index (κ1) is 11.5. The Hall–Kier alpha value is -1.50. The number of ether oxygens (including phenoxy) is 2. The van der Waals surface area contributed by atoms with E-state index in [-0.39, 0.29) is 13.0 Å². The summed E-state index contributed by atoms with van der Waals surface area (Å²) in [6.07, 6.45) is -3.92. The quantitative estimate of drug-likeness (QED) is 0.533. The van der Waals surface area contributed by atoms with Gasteiger partial charge in [-0.05, 0) is 0 Å². The van der Waals surface area contributed by atoms with Crippen LogP contribution in [0, 0.1) is 0 Å². The first-order valence-electron chi connectivity index (χ1n) is 3.42. The van der Waals surface area contributed by atoms with E-state index in [0.29, 0.717) is 0 Å². The van der Waals surface area contributed by atoms with Gasteiger partial charge in [-0.15, -0.1) is 0 Å². The third kappa shape index (κ3) is 6.88. The van der Waals surface area contributed by atoms with Gasteiger partial charge in [0.2, 0.25) is 0 Å². The summed E-state index contributed by atoms with van der Waals surface area (Å²) >= 11 is 0. The van der Waals surface area contributed by atoms with E-state index in [4.69, 9.17) is 15.3 Å². The minimum atomic E-state index is -1.52. The molecule has 0 rings (SSSR count). The van der Waals surface area contributed by atoms with Gasteiger partial charge in [0.25, 0.3) is 0 Å². The normalized spacial score (nSPS) is 11.8. The molecule has 0 saturated heterocycles. The first-order valence-corrected chi connectivity index (χ1v) is 3.42. The average molecular weight is 194 g/mol. The minimum Gasteiger partial charge on any atom is -0.450 e. The fraction of sp³-hybridized carbons (Fsp3) is 0.667. The highest BCUT2D eigenvalue weighted by Crippen LogP contribution is 1.98. The molecule has 0 aromatic rings. The molecular formula is C6H10O7. The number of carbonyl (C=O) groups is 2. The number of hydrogen-bond acceptors (Lipinski definition) is 5. The molecule has 0 heterocycles. The van der Waals surface area contributed by atoms with Gasteiger partial charge >= 0.3 is 12.3 Å². The molecule has 0 aromatic carbocycles.